The number of nitrogens with one attached hydrogen (secondary N) is 2. The summed E-state index contributed by atoms with van der Waals surface area (Å²) in [6.07, 6.45) is 3.49. The molecule has 2 N–H and O–H groups in total. The summed E-state index contributed by atoms with van der Waals surface area (Å²) in [5, 5.41) is 6.86. The Hall–Kier alpha value is -0.830. The maximum absolute atomic E-state index is 5.89. The fraction of sp³-hybridized carbons (Fsp3) is 0.632. The van der Waals surface area contributed by atoms with E-state index in [0.29, 0.717) is 24.5 Å². The topological polar surface area (TPSA) is 54.9 Å². The predicted octanol–water partition coefficient (Wildman–Crippen LogP) is 3.81. The van der Waals surface area contributed by atoms with E-state index in [1.165, 1.54) is 18.6 Å². The van der Waals surface area contributed by atoms with Crippen molar-refractivity contribution in [1.29, 1.82) is 0 Å². The van der Waals surface area contributed by atoms with Crippen LogP contribution < -0.4 is 20.1 Å². The van der Waals surface area contributed by atoms with Gasteiger partial charge in [-0.3, -0.25) is 0 Å². The van der Waals surface area contributed by atoms with Crippen molar-refractivity contribution in [2.45, 2.75) is 44.4 Å². The first-order valence-electron chi connectivity index (χ1n) is 9.24. The zero-order valence-corrected chi connectivity index (χ0v) is 18.8. The monoisotopic (exact) mass is 491 g/mol. The molecule has 2 heterocycles. The molecular weight excluding hydrogens is 461 g/mol. The van der Waals surface area contributed by atoms with Crippen molar-refractivity contribution in [2.75, 3.05) is 32.1 Å². The number of aliphatic imine (C=N–C) groups is 1. The van der Waals surface area contributed by atoms with Crippen LogP contribution in [0.4, 0.5) is 0 Å². The number of rotatable bonds is 5. The SMILES string of the molecule is CCNC(=NCc1cccc2c1OCCCO2)NCC1(C)CCCS1.I. The number of hydrogen-bond acceptors (Lipinski definition) is 4. The molecule has 1 aromatic carbocycles. The van der Waals surface area contributed by atoms with E-state index >= 15 is 0 Å². The summed E-state index contributed by atoms with van der Waals surface area (Å²) < 4.78 is 12.0. The van der Waals surface area contributed by atoms with Gasteiger partial charge in [-0.05, 0) is 38.5 Å². The van der Waals surface area contributed by atoms with E-state index in [1.807, 2.05) is 12.1 Å². The van der Waals surface area contributed by atoms with Gasteiger partial charge in [0.2, 0.25) is 0 Å². The van der Waals surface area contributed by atoms with Crippen LogP contribution in [-0.4, -0.2) is 42.8 Å². The Kier molecular flexibility index (Phi) is 8.66. The number of guanidine groups is 1. The second-order valence-electron chi connectivity index (χ2n) is 6.75. The molecule has 1 saturated heterocycles. The minimum Gasteiger partial charge on any atom is -0.490 e. The third kappa shape index (κ3) is 5.84. The second kappa shape index (κ2) is 10.5. The van der Waals surface area contributed by atoms with Crippen molar-refractivity contribution in [3.8, 4) is 11.5 Å². The Morgan fingerprint density at radius 1 is 1.23 bits per heavy atom. The summed E-state index contributed by atoms with van der Waals surface area (Å²) in [4.78, 5) is 4.76. The van der Waals surface area contributed by atoms with Gasteiger partial charge in [0.25, 0.3) is 0 Å². The van der Waals surface area contributed by atoms with Crippen LogP contribution in [0.3, 0.4) is 0 Å². The van der Waals surface area contributed by atoms with E-state index in [0.717, 1.165) is 42.5 Å². The van der Waals surface area contributed by atoms with Crippen molar-refractivity contribution in [3.63, 3.8) is 0 Å². The van der Waals surface area contributed by atoms with Crippen LogP contribution in [0.2, 0.25) is 0 Å². The van der Waals surface area contributed by atoms with Crippen LogP contribution in [0.25, 0.3) is 0 Å². The summed E-state index contributed by atoms with van der Waals surface area (Å²) >= 11 is 2.06. The first-order chi connectivity index (χ1) is 12.2. The zero-order valence-electron chi connectivity index (χ0n) is 15.7. The van der Waals surface area contributed by atoms with Crippen LogP contribution in [0, 0.1) is 0 Å². The van der Waals surface area contributed by atoms with Crippen molar-refractivity contribution in [3.05, 3.63) is 23.8 Å². The second-order valence-corrected chi connectivity index (χ2v) is 8.43. The number of benzene rings is 1. The van der Waals surface area contributed by atoms with Crippen LogP contribution >= 0.6 is 35.7 Å². The van der Waals surface area contributed by atoms with E-state index in [-0.39, 0.29) is 24.0 Å². The molecule has 1 fully saturated rings. The number of ether oxygens (including phenoxy) is 2. The van der Waals surface area contributed by atoms with Crippen molar-refractivity contribution >= 4 is 41.7 Å². The number of hydrogen-bond donors (Lipinski definition) is 2. The van der Waals surface area contributed by atoms with Crippen molar-refractivity contribution < 1.29 is 9.47 Å². The van der Waals surface area contributed by atoms with Gasteiger partial charge in [0.05, 0.1) is 19.8 Å². The molecular formula is C19H30IN3O2S. The molecule has 5 nitrogen and oxygen atoms in total. The molecule has 0 aromatic heterocycles. The fourth-order valence-corrected chi connectivity index (χ4v) is 4.38. The van der Waals surface area contributed by atoms with Gasteiger partial charge in [0.15, 0.2) is 17.5 Å². The highest BCUT2D eigenvalue weighted by Crippen LogP contribution is 2.37. The zero-order chi connectivity index (χ0) is 17.5. The quantitative estimate of drug-likeness (QED) is 0.373. The van der Waals surface area contributed by atoms with E-state index in [4.69, 9.17) is 14.5 Å². The summed E-state index contributed by atoms with van der Waals surface area (Å²) in [6.45, 7) is 8.20. The third-order valence-corrected chi connectivity index (χ3v) is 6.07. The first kappa shape index (κ1) is 21.5. The van der Waals surface area contributed by atoms with Crippen LogP contribution in [0.15, 0.2) is 23.2 Å². The standard InChI is InChI=1S/C19H29N3O2S.HI/c1-3-20-18(22-14-19(2)9-5-12-25-19)21-13-15-7-4-8-16-17(15)24-11-6-10-23-16;/h4,7-8H,3,5-6,9-14H2,1-2H3,(H2,20,21,22);1H. The number of para-hydroxylation sites is 1. The Morgan fingerprint density at radius 3 is 2.85 bits per heavy atom. The number of fused-ring (bicyclic) bond motifs is 1. The van der Waals surface area contributed by atoms with Gasteiger partial charge in [-0.15, -0.1) is 24.0 Å². The van der Waals surface area contributed by atoms with Gasteiger partial charge < -0.3 is 20.1 Å². The molecule has 7 heteroatoms. The lowest BCUT2D eigenvalue weighted by atomic mass is 10.1. The molecule has 146 valence electrons. The molecule has 26 heavy (non-hydrogen) atoms. The average molecular weight is 491 g/mol. The molecule has 0 bridgehead atoms. The van der Waals surface area contributed by atoms with Gasteiger partial charge >= 0.3 is 0 Å². The number of halogens is 1. The molecule has 1 unspecified atom stereocenters. The van der Waals surface area contributed by atoms with Crippen LogP contribution in [0.1, 0.15) is 38.7 Å². The Labute approximate surface area is 178 Å². The third-order valence-electron chi connectivity index (χ3n) is 4.54. The van der Waals surface area contributed by atoms with E-state index in [9.17, 15) is 0 Å². The lowest BCUT2D eigenvalue weighted by Gasteiger charge is -2.24. The molecule has 3 rings (SSSR count). The van der Waals surface area contributed by atoms with Crippen LogP contribution in [-0.2, 0) is 6.54 Å². The summed E-state index contributed by atoms with van der Waals surface area (Å²) in [7, 11) is 0. The smallest absolute Gasteiger partial charge is 0.191 e. The molecule has 1 atom stereocenters. The lowest BCUT2D eigenvalue weighted by Crippen LogP contribution is -2.43. The summed E-state index contributed by atoms with van der Waals surface area (Å²) in [5.41, 5.74) is 1.07. The van der Waals surface area contributed by atoms with Gasteiger partial charge in [-0.1, -0.05) is 12.1 Å². The van der Waals surface area contributed by atoms with Gasteiger partial charge in [0.1, 0.15) is 0 Å². The Morgan fingerprint density at radius 2 is 2.08 bits per heavy atom. The molecule has 0 spiro atoms. The largest absolute Gasteiger partial charge is 0.490 e. The van der Waals surface area contributed by atoms with E-state index < -0.39 is 0 Å². The Balaban J connectivity index is 0.00000243. The highest BCUT2D eigenvalue weighted by molar-refractivity contribution is 14.0. The molecule has 0 aliphatic carbocycles. The molecule has 1 aromatic rings. The molecule has 0 radical (unpaired) electrons. The highest BCUT2D eigenvalue weighted by atomic mass is 127. The van der Waals surface area contributed by atoms with Gasteiger partial charge in [0, 0.05) is 29.8 Å². The van der Waals surface area contributed by atoms with Gasteiger partial charge in [-0.25, -0.2) is 4.99 Å². The number of nitrogens with zero attached hydrogens (tertiary/aromatic N) is 1. The normalized spacial score (nSPS) is 22.3. The average Bonchev–Trinajstić information content (AvgIpc) is 2.90. The van der Waals surface area contributed by atoms with E-state index in [2.05, 4.69) is 42.3 Å². The molecule has 2 aliphatic heterocycles. The molecule has 0 amide bonds. The molecule has 0 saturated carbocycles. The van der Waals surface area contributed by atoms with Crippen molar-refractivity contribution in [2.24, 2.45) is 4.99 Å². The fourth-order valence-electron chi connectivity index (χ4n) is 3.13. The summed E-state index contributed by atoms with van der Waals surface area (Å²) in [5.74, 6) is 3.80. The van der Waals surface area contributed by atoms with Crippen LogP contribution in [0.5, 0.6) is 11.5 Å². The van der Waals surface area contributed by atoms with Gasteiger partial charge in [-0.2, -0.15) is 11.8 Å². The highest BCUT2D eigenvalue weighted by Gasteiger charge is 2.29. The lowest BCUT2D eigenvalue weighted by molar-refractivity contribution is 0.296. The Bertz CT molecular complexity index is 606. The summed E-state index contributed by atoms with van der Waals surface area (Å²) in [6, 6.07) is 6.04. The number of thioether (sulfide) groups is 1. The maximum Gasteiger partial charge on any atom is 0.191 e. The first-order valence-corrected chi connectivity index (χ1v) is 10.2. The van der Waals surface area contributed by atoms with E-state index in [1.54, 1.807) is 0 Å². The maximum atomic E-state index is 5.89. The van der Waals surface area contributed by atoms with Crippen molar-refractivity contribution in [1.82, 2.24) is 10.6 Å². The minimum absolute atomic E-state index is 0. The predicted molar refractivity (Wildman–Crippen MR) is 120 cm³/mol. The minimum atomic E-state index is 0. The molecule has 2 aliphatic rings.